The summed E-state index contributed by atoms with van der Waals surface area (Å²) in [4.78, 5) is 34.4. The van der Waals surface area contributed by atoms with Crippen molar-refractivity contribution in [1.82, 2.24) is 19.6 Å². The number of aromatic nitrogens is 4. The number of nitrogens with zero attached hydrogens (tertiary/aromatic N) is 4. The highest BCUT2D eigenvalue weighted by atomic mass is 16.5. The summed E-state index contributed by atoms with van der Waals surface area (Å²) >= 11 is 0. The average molecular weight is 382 g/mol. The fraction of sp³-hybridized carbons (Fsp3) is 0.667. The van der Waals surface area contributed by atoms with E-state index in [1.54, 1.807) is 6.92 Å². The van der Waals surface area contributed by atoms with Crippen LogP contribution in [-0.2, 0) is 9.53 Å². The van der Waals surface area contributed by atoms with Crippen LogP contribution in [0.15, 0.2) is 6.07 Å². The van der Waals surface area contributed by atoms with Crippen LogP contribution in [0.3, 0.4) is 0 Å². The normalized spacial score (nSPS) is 31.9. The van der Waals surface area contributed by atoms with Crippen LogP contribution in [0.1, 0.15) is 67.5 Å². The maximum atomic E-state index is 13.3. The van der Waals surface area contributed by atoms with Gasteiger partial charge in [0.25, 0.3) is 11.6 Å². The quantitative estimate of drug-likeness (QED) is 0.756. The van der Waals surface area contributed by atoms with E-state index in [1.807, 2.05) is 19.9 Å². The lowest BCUT2D eigenvalue weighted by Crippen LogP contribution is -2.52. The molecule has 4 saturated carbocycles. The standard InChI is InChI=1S/C21H26N4O3/c1-11-4-12(2)25-20(22-11)23-18(24-25)19(27)28-13(3)17(26)21-8-14-5-15(9-21)7-16(6-14)10-21/h4,13-16H,5-10H2,1-3H3/t13-,14?,15?,16?,21?/m0/s1. The van der Waals surface area contributed by atoms with Crippen LogP contribution in [0.4, 0.5) is 0 Å². The number of ketones is 1. The highest BCUT2D eigenvalue weighted by Crippen LogP contribution is 2.60. The van der Waals surface area contributed by atoms with Crippen LogP contribution in [-0.4, -0.2) is 37.4 Å². The number of carbonyl (C=O) groups excluding carboxylic acids is 2. The van der Waals surface area contributed by atoms with Gasteiger partial charge in [-0.1, -0.05) is 0 Å². The van der Waals surface area contributed by atoms with Gasteiger partial charge in [0.05, 0.1) is 0 Å². The van der Waals surface area contributed by atoms with Gasteiger partial charge in [-0.2, -0.15) is 4.98 Å². The van der Waals surface area contributed by atoms with Crippen molar-refractivity contribution < 1.29 is 14.3 Å². The van der Waals surface area contributed by atoms with E-state index in [0.717, 1.165) is 30.7 Å². The van der Waals surface area contributed by atoms with Gasteiger partial charge >= 0.3 is 5.97 Å². The number of rotatable bonds is 4. The van der Waals surface area contributed by atoms with E-state index in [2.05, 4.69) is 15.1 Å². The Bertz CT molecular complexity index is 944. The minimum atomic E-state index is -0.772. The molecule has 2 aromatic rings. The third-order valence-electron chi connectivity index (χ3n) is 7.01. The summed E-state index contributed by atoms with van der Waals surface area (Å²) in [6.45, 7) is 5.44. The maximum absolute atomic E-state index is 13.3. The lowest BCUT2D eigenvalue weighted by atomic mass is 9.48. The van der Waals surface area contributed by atoms with Gasteiger partial charge in [0, 0.05) is 16.8 Å². The maximum Gasteiger partial charge on any atom is 0.379 e. The van der Waals surface area contributed by atoms with Crippen molar-refractivity contribution in [2.45, 2.75) is 65.4 Å². The van der Waals surface area contributed by atoms with E-state index in [9.17, 15) is 9.59 Å². The topological polar surface area (TPSA) is 86.5 Å². The molecule has 148 valence electrons. The van der Waals surface area contributed by atoms with Crippen molar-refractivity contribution in [2.75, 3.05) is 0 Å². The molecule has 7 nitrogen and oxygen atoms in total. The lowest BCUT2D eigenvalue weighted by Gasteiger charge is -2.56. The molecule has 2 aromatic heterocycles. The van der Waals surface area contributed by atoms with Gasteiger partial charge < -0.3 is 4.74 Å². The molecule has 0 radical (unpaired) electrons. The Hall–Kier alpha value is -2.31. The number of aryl methyl sites for hydroxylation is 2. The van der Waals surface area contributed by atoms with Crippen LogP contribution < -0.4 is 0 Å². The van der Waals surface area contributed by atoms with Gasteiger partial charge in [-0.15, -0.1) is 5.10 Å². The molecule has 2 heterocycles. The van der Waals surface area contributed by atoms with Crippen LogP contribution >= 0.6 is 0 Å². The van der Waals surface area contributed by atoms with E-state index < -0.39 is 12.1 Å². The van der Waals surface area contributed by atoms with Crippen LogP contribution in [0.25, 0.3) is 5.78 Å². The molecular weight excluding hydrogens is 356 g/mol. The highest BCUT2D eigenvalue weighted by molar-refractivity contribution is 5.93. The van der Waals surface area contributed by atoms with Crippen LogP contribution in [0.2, 0.25) is 0 Å². The molecule has 4 fully saturated rings. The smallest absolute Gasteiger partial charge is 0.379 e. The van der Waals surface area contributed by atoms with Crippen molar-refractivity contribution in [3.8, 4) is 0 Å². The Morgan fingerprint density at radius 3 is 2.32 bits per heavy atom. The molecule has 6 rings (SSSR count). The number of hydrogen-bond donors (Lipinski definition) is 0. The van der Waals surface area contributed by atoms with Crippen molar-refractivity contribution in [2.24, 2.45) is 23.2 Å². The summed E-state index contributed by atoms with van der Waals surface area (Å²) < 4.78 is 7.06. The van der Waals surface area contributed by atoms with E-state index in [0.29, 0.717) is 23.5 Å². The first-order valence-electron chi connectivity index (χ1n) is 10.3. The summed E-state index contributed by atoms with van der Waals surface area (Å²) in [6.07, 6.45) is 5.96. The number of carbonyl (C=O) groups is 2. The van der Waals surface area contributed by atoms with Crippen molar-refractivity contribution >= 4 is 17.5 Å². The molecule has 4 aliphatic rings. The zero-order chi connectivity index (χ0) is 19.6. The fourth-order valence-electron chi connectivity index (χ4n) is 6.36. The molecule has 0 unspecified atom stereocenters. The predicted octanol–water partition coefficient (Wildman–Crippen LogP) is 3.07. The number of fused-ring (bicyclic) bond motifs is 1. The van der Waals surface area contributed by atoms with Crippen molar-refractivity contribution in [3.63, 3.8) is 0 Å². The first kappa shape index (κ1) is 17.8. The molecule has 0 saturated heterocycles. The lowest BCUT2D eigenvalue weighted by molar-refractivity contribution is -0.152. The summed E-state index contributed by atoms with van der Waals surface area (Å²) in [7, 11) is 0. The number of ether oxygens (including phenoxy) is 1. The number of hydrogen-bond acceptors (Lipinski definition) is 6. The minimum Gasteiger partial charge on any atom is -0.449 e. The molecule has 28 heavy (non-hydrogen) atoms. The van der Waals surface area contributed by atoms with Crippen molar-refractivity contribution in [1.29, 1.82) is 0 Å². The molecule has 4 aliphatic carbocycles. The molecule has 0 spiro atoms. The zero-order valence-electron chi connectivity index (χ0n) is 16.6. The fourth-order valence-corrected chi connectivity index (χ4v) is 6.36. The number of Topliss-reactive ketones (excluding diaryl/α,β-unsaturated/α-hetero) is 1. The van der Waals surface area contributed by atoms with Crippen molar-refractivity contribution in [3.05, 3.63) is 23.3 Å². The molecule has 0 N–H and O–H groups in total. The Labute approximate surface area is 163 Å². The predicted molar refractivity (Wildman–Crippen MR) is 101 cm³/mol. The van der Waals surface area contributed by atoms with E-state index in [1.165, 1.54) is 23.8 Å². The number of esters is 1. The Morgan fingerprint density at radius 1 is 1.11 bits per heavy atom. The summed E-state index contributed by atoms with van der Waals surface area (Å²) in [5.74, 6) is 1.78. The highest BCUT2D eigenvalue weighted by Gasteiger charge is 2.55. The van der Waals surface area contributed by atoms with Gasteiger partial charge in [-0.3, -0.25) is 4.79 Å². The van der Waals surface area contributed by atoms with Crippen LogP contribution in [0.5, 0.6) is 0 Å². The second-order valence-electron chi connectivity index (χ2n) is 9.30. The first-order valence-corrected chi connectivity index (χ1v) is 10.3. The minimum absolute atomic E-state index is 0.0497. The van der Waals surface area contributed by atoms with Gasteiger partial charge in [-0.05, 0) is 83.1 Å². The molecule has 4 bridgehead atoms. The van der Waals surface area contributed by atoms with Gasteiger partial charge in [-0.25, -0.2) is 14.3 Å². The van der Waals surface area contributed by atoms with Gasteiger partial charge in [0.2, 0.25) is 0 Å². The summed E-state index contributed by atoms with van der Waals surface area (Å²) in [5.41, 5.74) is 1.37. The average Bonchev–Trinajstić information content (AvgIpc) is 3.04. The molecule has 0 aromatic carbocycles. The van der Waals surface area contributed by atoms with E-state index >= 15 is 0 Å². The molecule has 1 atom stereocenters. The molecule has 7 heteroatoms. The Morgan fingerprint density at radius 2 is 1.71 bits per heavy atom. The largest absolute Gasteiger partial charge is 0.449 e. The summed E-state index contributed by atoms with van der Waals surface area (Å²) in [6, 6.07) is 1.87. The SMILES string of the molecule is Cc1cc(C)n2nc(C(=O)O[C@@H](C)C(=O)C34CC5CC(CC(C5)C3)C4)nc2n1. The zero-order valence-corrected chi connectivity index (χ0v) is 16.6. The summed E-state index contributed by atoms with van der Waals surface area (Å²) in [5, 5.41) is 4.22. The third kappa shape index (κ3) is 2.74. The first-order chi connectivity index (χ1) is 13.3. The molecule has 0 amide bonds. The molecule has 0 aliphatic heterocycles. The third-order valence-corrected chi connectivity index (χ3v) is 7.01. The monoisotopic (exact) mass is 382 g/mol. The molecular formula is C21H26N4O3. The van der Waals surface area contributed by atoms with E-state index in [-0.39, 0.29) is 17.0 Å². The Balaban J connectivity index is 1.34. The van der Waals surface area contributed by atoms with E-state index in [4.69, 9.17) is 4.74 Å². The van der Waals surface area contributed by atoms with Gasteiger partial charge in [0.15, 0.2) is 11.9 Å². The second kappa shape index (κ2) is 6.09. The van der Waals surface area contributed by atoms with Crippen LogP contribution in [0, 0.1) is 37.0 Å². The second-order valence-corrected chi connectivity index (χ2v) is 9.30. The van der Waals surface area contributed by atoms with Gasteiger partial charge in [0.1, 0.15) is 0 Å². The Kier molecular flexibility index (Phi) is 3.87.